The molecule has 0 amide bonds. The number of hydrogen-bond acceptors (Lipinski definition) is 2. The summed E-state index contributed by atoms with van der Waals surface area (Å²) >= 11 is 3.49. The smallest absolute Gasteiger partial charge is 0.0493 e. The van der Waals surface area contributed by atoms with E-state index in [4.69, 9.17) is 5.73 Å². The Morgan fingerprint density at radius 2 is 1.84 bits per heavy atom. The quantitative estimate of drug-likeness (QED) is 0.888. The lowest BCUT2D eigenvalue weighted by Crippen LogP contribution is -2.39. The molecule has 2 nitrogen and oxygen atoms in total. The van der Waals surface area contributed by atoms with Crippen molar-refractivity contribution in [2.24, 2.45) is 11.7 Å². The van der Waals surface area contributed by atoms with Crippen molar-refractivity contribution < 1.29 is 0 Å². The lowest BCUT2D eigenvalue weighted by molar-refractivity contribution is 0.188. The zero-order chi connectivity index (χ0) is 13.8. The minimum atomic E-state index is 0.146. The molecule has 0 saturated heterocycles. The number of likely N-dealkylation sites (N-methyl/N-ethyl adjacent to an activating group) is 1. The van der Waals surface area contributed by atoms with E-state index in [1.165, 1.54) is 37.8 Å². The molecule has 3 heteroatoms. The van der Waals surface area contributed by atoms with E-state index in [1.807, 2.05) is 0 Å². The first-order chi connectivity index (χ1) is 9.08. The van der Waals surface area contributed by atoms with Gasteiger partial charge in [-0.25, -0.2) is 0 Å². The first-order valence-electron chi connectivity index (χ1n) is 7.29. The number of nitrogens with two attached hydrogens (primary N) is 1. The van der Waals surface area contributed by atoms with Gasteiger partial charge in [-0.15, -0.1) is 0 Å². The Morgan fingerprint density at radius 1 is 1.26 bits per heavy atom. The van der Waals surface area contributed by atoms with Crippen LogP contribution in [0.2, 0.25) is 0 Å². The van der Waals surface area contributed by atoms with Crippen LogP contribution in [-0.2, 0) is 0 Å². The van der Waals surface area contributed by atoms with Gasteiger partial charge in [0.2, 0.25) is 0 Å². The summed E-state index contributed by atoms with van der Waals surface area (Å²) in [5.74, 6) is 0.863. The normalized spacial score (nSPS) is 19.8. The van der Waals surface area contributed by atoms with Gasteiger partial charge in [0.1, 0.15) is 0 Å². The van der Waals surface area contributed by atoms with Crippen molar-refractivity contribution in [1.29, 1.82) is 0 Å². The second kappa shape index (κ2) is 6.87. The lowest BCUT2D eigenvalue weighted by Gasteiger charge is -2.33. The molecule has 2 unspecified atom stereocenters. The third kappa shape index (κ3) is 4.04. The van der Waals surface area contributed by atoms with Gasteiger partial charge in [-0.05, 0) is 50.4 Å². The van der Waals surface area contributed by atoms with E-state index < -0.39 is 0 Å². The van der Waals surface area contributed by atoms with Gasteiger partial charge < -0.3 is 5.73 Å². The Kier molecular flexibility index (Phi) is 5.43. The second-order valence-electron chi connectivity index (χ2n) is 5.95. The van der Waals surface area contributed by atoms with E-state index in [0.717, 1.165) is 10.4 Å². The van der Waals surface area contributed by atoms with E-state index in [9.17, 15) is 0 Å². The molecule has 2 rings (SSSR count). The van der Waals surface area contributed by atoms with Gasteiger partial charge in [0, 0.05) is 23.1 Å². The molecule has 1 aromatic rings. The van der Waals surface area contributed by atoms with Crippen LogP contribution >= 0.6 is 15.9 Å². The van der Waals surface area contributed by atoms with Crippen LogP contribution < -0.4 is 5.73 Å². The average molecular weight is 325 g/mol. The summed E-state index contributed by atoms with van der Waals surface area (Å²) in [6.45, 7) is 3.28. The molecule has 1 aliphatic rings. The van der Waals surface area contributed by atoms with Crippen LogP contribution in [0, 0.1) is 5.92 Å². The minimum Gasteiger partial charge on any atom is -0.326 e. The summed E-state index contributed by atoms with van der Waals surface area (Å²) < 4.78 is 1.12. The highest BCUT2D eigenvalue weighted by Gasteiger charge is 2.25. The fraction of sp³-hybridized carbons (Fsp3) is 0.625. The van der Waals surface area contributed by atoms with Crippen molar-refractivity contribution in [3.8, 4) is 0 Å². The van der Waals surface area contributed by atoms with Crippen LogP contribution in [0.15, 0.2) is 28.7 Å². The highest BCUT2D eigenvalue weighted by molar-refractivity contribution is 9.10. The maximum atomic E-state index is 6.23. The Morgan fingerprint density at radius 3 is 2.37 bits per heavy atom. The molecule has 1 fully saturated rings. The zero-order valence-corrected chi connectivity index (χ0v) is 13.6. The van der Waals surface area contributed by atoms with Gasteiger partial charge in [0.25, 0.3) is 0 Å². The number of nitrogens with zero attached hydrogens (tertiary/aromatic N) is 1. The molecule has 0 radical (unpaired) electrons. The molecule has 0 spiro atoms. The predicted octanol–water partition coefficient (Wildman–Crippen LogP) is 3.96. The topological polar surface area (TPSA) is 29.3 Å². The van der Waals surface area contributed by atoms with Crippen molar-refractivity contribution in [3.63, 3.8) is 0 Å². The summed E-state index contributed by atoms with van der Waals surface area (Å²) in [5, 5.41) is 0. The van der Waals surface area contributed by atoms with Gasteiger partial charge in [-0.3, -0.25) is 4.90 Å². The monoisotopic (exact) mass is 324 g/mol. The molecular formula is C16H25BrN2. The van der Waals surface area contributed by atoms with E-state index in [1.54, 1.807) is 0 Å². The Balaban J connectivity index is 2.07. The second-order valence-corrected chi connectivity index (χ2v) is 6.86. The highest BCUT2D eigenvalue weighted by atomic mass is 79.9. The highest BCUT2D eigenvalue weighted by Crippen LogP contribution is 2.29. The van der Waals surface area contributed by atoms with Crippen LogP contribution in [0.4, 0.5) is 0 Å². The number of benzene rings is 1. The molecule has 2 atom stereocenters. The standard InChI is InChI=1S/C16H25BrN2/c1-12(18)16(14-7-9-15(17)10-8-14)19(2)11-13-5-3-4-6-13/h7-10,12-13,16H,3-6,11,18H2,1-2H3. The average Bonchev–Trinajstić information content (AvgIpc) is 2.84. The van der Waals surface area contributed by atoms with Crippen LogP contribution in [0.5, 0.6) is 0 Å². The Bertz CT molecular complexity index is 382. The maximum Gasteiger partial charge on any atom is 0.0493 e. The van der Waals surface area contributed by atoms with Crippen molar-refractivity contribution in [2.75, 3.05) is 13.6 Å². The largest absolute Gasteiger partial charge is 0.326 e. The molecule has 0 heterocycles. The molecule has 1 saturated carbocycles. The molecule has 1 aromatic carbocycles. The van der Waals surface area contributed by atoms with Gasteiger partial charge in [0.05, 0.1) is 0 Å². The third-order valence-electron chi connectivity index (χ3n) is 4.21. The van der Waals surface area contributed by atoms with E-state index in [0.29, 0.717) is 6.04 Å². The summed E-state index contributed by atoms with van der Waals surface area (Å²) in [6, 6.07) is 9.04. The number of halogens is 1. The van der Waals surface area contributed by atoms with E-state index in [-0.39, 0.29) is 6.04 Å². The number of rotatable bonds is 5. The molecule has 106 valence electrons. The molecule has 2 N–H and O–H groups in total. The van der Waals surface area contributed by atoms with Crippen molar-refractivity contribution in [3.05, 3.63) is 34.3 Å². The van der Waals surface area contributed by atoms with Crippen LogP contribution in [-0.4, -0.2) is 24.5 Å². The van der Waals surface area contributed by atoms with Crippen LogP contribution in [0.3, 0.4) is 0 Å². The zero-order valence-electron chi connectivity index (χ0n) is 12.0. The minimum absolute atomic E-state index is 0.146. The number of hydrogen-bond donors (Lipinski definition) is 1. The van der Waals surface area contributed by atoms with Gasteiger partial charge >= 0.3 is 0 Å². The fourth-order valence-electron chi connectivity index (χ4n) is 3.33. The Hall–Kier alpha value is -0.380. The molecule has 1 aliphatic carbocycles. The maximum absolute atomic E-state index is 6.23. The summed E-state index contributed by atoms with van der Waals surface area (Å²) in [5.41, 5.74) is 7.55. The van der Waals surface area contributed by atoms with Crippen molar-refractivity contribution in [1.82, 2.24) is 4.90 Å². The molecule has 0 aliphatic heterocycles. The molecule has 0 bridgehead atoms. The fourth-order valence-corrected chi connectivity index (χ4v) is 3.60. The van der Waals surface area contributed by atoms with Gasteiger partial charge in [-0.1, -0.05) is 40.9 Å². The first kappa shape index (κ1) is 15.0. The lowest BCUT2D eigenvalue weighted by atomic mass is 9.98. The molecule has 19 heavy (non-hydrogen) atoms. The Labute approximate surface area is 125 Å². The predicted molar refractivity (Wildman–Crippen MR) is 85.1 cm³/mol. The van der Waals surface area contributed by atoms with Crippen LogP contribution in [0.1, 0.15) is 44.2 Å². The van der Waals surface area contributed by atoms with Gasteiger partial charge in [0.15, 0.2) is 0 Å². The van der Waals surface area contributed by atoms with Gasteiger partial charge in [-0.2, -0.15) is 0 Å². The van der Waals surface area contributed by atoms with Crippen LogP contribution in [0.25, 0.3) is 0 Å². The first-order valence-corrected chi connectivity index (χ1v) is 8.08. The third-order valence-corrected chi connectivity index (χ3v) is 4.73. The summed E-state index contributed by atoms with van der Waals surface area (Å²) in [7, 11) is 2.22. The van der Waals surface area contributed by atoms with E-state index >= 15 is 0 Å². The molecule has 0 aromatic heterocycles. The van der Waals surface area contributed by atoms with Crippen molar-refractivity contribution in [2.45, 2.75) is 44.7 Å². The van der Waals surface area contributed by atoms with E-state index in [2.05, 4.69) is 59.1 Å². The summed E-state index contributed by atoms with van der Waals surface area (Å²) in [4.78, 5) is 2.45. The van der Waals surface area contributed by atoms with Crippen molar-refractivity contribution >= 4 is 15.9 Å². The molecular weight excluding hydrogens is 300 g/mol. The summed E-state index contributed by atoms with van der Waals surface area (Å²) in [6.07, 6.45) is 5.58. The SMILES string of the molecule is CC(N)C(c1ccc(Br)cc1)N(C)CC1CCCC1.